The summed E-state index contributed by atoms with van der Waals surface area (Å²) in [6, 6.07) is 4.19. The summed E-state index contributed by atoms with van der Waals surface area (Å²) in [6.45, 7) is 0. The highest BCUT2D eigenvalue weighted by molar-refractivity contribution is 9.10. The molecular weight excluding hydrogens is 330 g/mol. The highest BCUT2D eigenvalue weighted by Crippen LogP contribution is 2.37. The molecule has 0 saturated carbocycles. The molecule has 0 bridgehead atoms. The number of nitrogens with two attached hydrogens (primary N) is 1. The van der Waals surface area contributed by atoms with Crippen molar-refractivity contribution in [1.29, 1.82) is 0 Å². The maximum absolute atomic E-state index is 13.9. The summed E-state index contributed by atoms with van der Waals surface area (Å²) in [5.41, 5.74) is 5.02. The first kappa shape index (κ1) is 13.2. The largest absolute Gasteiger partial charge is 0.397 e. The number of hydrogen-bond acceptors (Lipinski definition) is 1. The minimum atomic E-state index is -0.858. The average Bonchev–Trinajstić information content (AvgIpc) is 2.30. The normalized spacial score (nSPS) is 10.7. The first-order valence-electron chi connectivity index (χ1n) is 4.80. The summed E-state index contributed by atoms with van der Waals surface area (Å²) in [7, 11) is 0. The van der Waals surface area contributed by atoms with Crippen molar-refractivity contribution in [3.63, 3.8) is 0 Å². The van der Waals surface area contributed by atoms with Crippen LogP contribution in [0.25, 0.3) is 11.1 Å². The molecule has 0 aliphatic heterocycles. The number of rotatable bonds is 1. The van der Waals surface area contributed by atoms with Gasteiger partial charge in [0.2, 0.25) is 0 Å². The Labute approximate surface area is 114 Å². The van der Waals surface area contributed by atoms with Gasteiger partial charge in [-0.3, -0.25) is 0 Å². The van der Waals surface area contributed by atoms with Crippen molar-refractivity contribution >= 4 is 33.2 Å². The summed E-state index contributed by atoms with van der Waals surface area (Å²) in [6.07, 6.45) is 0. The minimum absolute atomic E-state index is 0.0543. The fraction of sp³-hybridized carbons (Fsp3) is 0. The molecule has 0 heterocycles. The zero-order chi connectivity index (χ0) is 13.4. The van der Waals surface area contributed by atoms with Gasteiger partial charge in [0.05, 0.1) is 20.7 Å². The van der Waals surface area contributed by atoms with Crippen LogP contribution in [0.4, 0.5) is 18.9 Å². The monoisotopic (exact) mass is 335 g/mol. The van der Waals surface area contributed by atoms with E-state index in [2.05, 4.69) is 15.9 Å². The molecule has 0 unspecified atom stereocenters. The molecule has 0 aromatic heterocycles. The highest BCUT2D eigenvalue weighted by atomic mass is 79.9. The van der Waals surface area contributed by atoms with Crippen LogP contribution in [0.3, 0.4) is 0 Å². The molecule has 0 radical (unpaired) electrons. The number of hydrogen-bond donors (Lipinski definition) is 1. The lowest BCUT2D eigenvalue weighted by molar-refractivity contribution is 0.584. The molecule has 0 atom stereocenters. The summed E-state index contributed by atoms with van der Waals surface area (Å²) in [5, 5.41) is -0.0937. The van der Waals surface area contributed by atoms with Gasteiger partial charge in [-0.15, -0.1) is 0 Å². The second kappa shape index (κ2) is 4.82. The molecule has 0 amide bonds. The van der Waals surface area contributed by atoms with Crippen LogP contribution in [0.1, 0.15) is 0 Å². The van der Waals surface area contributed by atoms with Gasteiger partial charge in [-0.05, 0) is 40.2 Å². The highest BCUT2D eigenvalue weighted by Gasteiger charge is 2.18. The molecule has 18 heavy (non-hydrogen) atoms. The molecule has 0 aliphatic carbocycles. The summed E-state index contributed by atoms with van der Waals surface area (Å²) < 4.78 is 40.9. The molecule has 2 aromatic carbocycles. The van der Waals surface area contributed by atoms with E-state index in [0.29, 0.717) is 0 Å². The molecule has 0 saturated heterocycles. The van der Waals surface area contributed by atoms with E-state index >= 15 is 0 Å². The van der Waals surface area contributed by atoms with Gasteiger partial charge in [0.1, 0.15) is 17.5 Å². The van der Waals surface area contributed by atoms with Crippen LogP contribution in [0.2, 0.25) is 5.02 Å². The maximum Gasteiger partial charge on any atom is 0.148 e. The lowest BCUT2D eigenvalue weighted by Crippen LogP contribution is -1.98. The first-order valence-corrected chi connectivity index (χ1v) is 5.97. The van der Waals surface area contributed by atoms with Crippen LogP contribution in [-0.4, -0.2) is 0 Å². The van der Waals surface area contributed by atoms with Crippen molar-refractivity contribution in [3.8, 4) is 11.1 Å². The van der Waals surface area contributed by atoms with Gasteiger partial charge in [-0.1, -0.05) is 11.6 Å². The van der Waals surface area contributed by atoms with Crippen molar-refractivity contribution in [2.75, 3.05) is 5.73 Å². The zero-order valence-electron chi connectivity index (χ0n) is 8.78. The second-order valence-electron chi connectivity index (χ2n) is 3.57. The average molecular weight is 337 g/mol. The van der Waals surface area contributed by atoms with Crippen LogP contribution in [0, 0.1) is 17.5 Å². The van der Waals surface area contributed by atoms with E-state index < -0.39 is 23.0 Å². The van der Waals surface area contributed by atoms with Crippen LogP contribution in [0.5, 0.6) is 0 Å². The standard InChI is InChI=1S/C12H6BrClF3N/c13-7-1-2-9(16)10(11(7)17)6-3-5(15)4-8(14)12(6)18/h1-4H,18H2. The summed E-state index contributed by atoms with van der Waals surface area (Å²) in [4.78, 5) is 0. The Morgan fingerprint density at radius 2 is 1.78 bits per heavy atom. The Balaban J connectivity index is 2.81. The van der Waals surface area contributed by atoms with Gasteiger partial charge < -0.3 is 5.73 Å². The molecule has 0 spiro atoms. The molecule has 2 aromatic rings. The maximum atomic E-state index is 13.9. The molecule has 6 heteroatoms. The number of nitrogen functional groups attached to an aromatic ring is 1. The topological polar surface area (TPSA) is 26.0 Å². The Hall–Kier alpha value is -1.20. The zero-order valence-corrected chi connectivity index (χ0v) is 11.1. The van der Waals surface area contributed by atoms with Crippen molar-refractivity contribution in [2.24, 2.45) is 0 Å². The van der Waals surface area contributed by atoms with Crippen molar-refractivity contribution < 1.29 is 13.2 Å². The van der Waals surface area contributed by atoms with E-state index in [4.69, 9.17) is 17.3 Å². The fourth-order valence-corrected chi connectivity index (χ4v) is 2.10. The van der Waals surface area contributed by atoms with Gasteiger partial charge in [0.25, 0.3) is 0 Å². The van der Waals surface area contributed by atoms with E-state index in [1.807, 2.05) is 0 Å². The Morgan fingerprint density at radius 3 is 2.44 bits per heavy atom. The second-order valence-corrected chi connectivity index (χ2v) is 4.83. The van der Waals surface area contributed by atoms with Gasteiger partial charge in [-0.2, -0.15) is 0 Å². The number of anilines is 1. The molecule has 94 valence electrons. The van der Waals surface area contributed by atoms with Crippen LogP contribution >= 0.6 is 27.5 Å². The summed E-state index contributed by atoms with van der Waals surface area (Å²) in [5.74, 6) is -2.42. The third kappa shape index (κ3) is 2.20. The molecule has 2 N–H and O–H groups in total. The fourth-order valence-electron chi connectivity index (χ4n) is 1.57. The molecule has 2 rings (SSSR count). The van der Waals surface area contributed by atoms with E-state index in [0.717, 1.165) is 18.2 Å². The SMILES string of the molecule is Nc1c(Cl)cc(F)cc1-c1c(F)ccc(Br)c1F. The third-order valence-electron chi connectivity index (χ3n) is 2.41. The molecular formula is C12H6BrClF3N. The van der Waals surface area contributed by atoms with Crippen LogP contribution in [-0.2, 0) is 0 Å². The van der Waals surface area contributed by atoms with E-state index in [9.17, 15) is 13.2 Å². The number of benzene rings is 2. The predicted octanol–water partition coefficient (Wildman–Crippen LogP) is 4.77. The van der Waals surface area contributed by atoms with Crippen molar-refractivity contribution in [3.05, 3.63) is 51.2 Å². The van der Waals surface area contributed by atoms with E-state index in [1.54, 1.807) is 0 Å². The molecule has 0 fully saturated rings. The first-order chi connectivity index (χ1) is 8.41. The smallest absolute Gasteiger partial charge is 0.148 e. The molecule has 1 nitrogen and oxygen atoms in total. The Bertz CT molecular complexity index is 631. The summed E-state index contributed by atoms with van der Waals surface area (Å²) >= 11 is 8.62. The van der Waals surface area contributed by atoms with Crippen LogP contribution < -0.4 is 5.73 Å². The van der Waals surface area contributed by atoms with Gasteiger partial charge >= 0.3 is 0 Å². The van der Waals surface area contributed by atoms with E-state index in [-0.39, 0.29) is 20.7 Å². The quantitative estimate of drug-likeness (QED) is 0.589. The lowest BCUT2D eigenvalue weighted by atomic mass is 10.0. The van der Waals surface area contributed by atoms with Gasteiger partial charge in [-0.25, -0.2) is 13.2 Å². The predicted molar refractivity (Wildman–Crippen MR) is 68.9 cm³/mol. The molecule has 0 aliphatic rings. The third-order valence-corrected chi connectivity index (χ3v) is 3.33. The minimum Gasteiger partial charge on any atom is -0.397 e. The van der Waals surface area contributed by atoms with Gasteiger partial charge in [0, 0.05) is 5.56 Å². The van der Waals surface area contributed by atoms with E-state index in [1.165, 1.54) is 6.07 Å². The lowest BCUT2D eigenvalue weighted by Gasteiger charge is -2.11. The van der Waals surface area contributed by atoms with Crippen molar-refractivity contribution in [1.82, 2.24) is 0 Å². The Kier molecular flexibility index (Phi) is 3.54. The van der Waals surface area contributed by atoms with Gasteiger partial charge in [0.15, 0.2) is 0 Å². The van der Waals surface area contributed by atoms with Crippen LogP contribution in [0.15, 0.2) is 28.7 Å². The number of halogens is 5. The Morgan fingerprint density at radius 1 is 1.11 bits per heavy atom. The van der Waals surface area contributed by atoms with Crippen molar-refractivity contribution in [2.45, 2.75) is 0 Å².